The lowest BCUT2D eigenvalue weighted by atomic mass is 10.1. The number of halogens is 1. The van der Waals surface area contributed by atoms with Gasteiger partial charge in [-0.15, -0.1) is 0 Å². The van der Waals surface area contributed by atoms with Crippen LogP contribution in [-0.2, 0) is 0 Å². The maximum Gasteiger partial charge on any atom is 0.170 e. The van der Waals surface area contributed by atoms with Gasteiger partial charge in [0.15, 0.2) is 5.11 Å². The zero-order valence-corrected chi connectivity index (χ0v) is 14.3. The Bertz CT molecular complexity index is 639. The zero-order chi connectivity index (χ0) is 16.8. The largest absolute Gasteiger partial charge is 0.468 e. The van der Waals surface area contributed by atoms with Crippen LogP contribution in [0.5, 0.6) is 0 Å². The minimum atomic E-state index is -0.262. The van der Waals surface area contributed by atoms with Gasteiger partial charge in [0, 0.05) is 12.2 Å². The molecule has 0 radical (unpaired) electrons. The van der Waals surface area contributed by atoms with Gasteiger partial charge in [-0.2, -0.15) is 0 Å². The van der Waals surface area contributed by atoms with Crippen molar-refractivity contribution in [2.24, 2.45) is 0 Å². The molecular weight excluding hydrogens is 325 g/mol. The summed E-state index contributed by atoms with van der Waals surface area (Å²) >= 11 is 5.35. The van der Waals surface area contributed by atoms with E-state index >= 15 is 0 Å². The second-order valence-corrected chi connectivity index (χ2v) is 6.38. The SMILES string of the molecule is Fc1ccc(NC(=S)NC[C@H](c2ccco2)N2CCCCC2)cc1. The van der Waals surface area contributed by atoms with E-state index in [2.05, 4.69) is 15.5 Å². The monoisotopic (exact) mass is 347 g/mol. The number of thiocarbonyl (C=S) groups is 1. The van der Waals surface area contributed by atoms with Crippen molar-refractivity contribution in [1.29, 1.82) is 0 Å². The number of nitrogens with zero attached hydrogens (tertiary/aromatic N) is 1. The molecule has 0 amide bonds. The van der Waals surface area contributed by atoms with Gasteiger partial charge in [-0.1, -0.05) is 6.42 Å². The molecule has 0 aliphatic carbocycles. The summed E-state index contributed by atoms with van der Waals surface area (Å²) in [6.45, 7) is 2.82. The Labute approximate surface area is 147 Å². The van der Waals surface area contributed by atoms with Gasteiger partial charge in [0.25, 0.3) is 0 Å². The number of anilines is 1. The first-order chi connectivity index (χ1) is 11.7. The Morgan fingerprint density at radius 3 is 2.58 bits per heavy atom. The first-order valence-corrected chi connectivity index (χ1v) is 8.71. The lowest BCUT2D eigenvalue weighted by molar-refractivity contribution is 0.146. The lowest BCUT2D eigenvalue weighted by Gasteiger charge is -2.33. The predicted octanol–water partition coefficient (Wildman–Crippen LogP) is 3.93. The molecule has 6 heteroatoms. The van der Waals surface area contributed by atoms with Gasteiger partial charge in [-0.3, -0.25) is 4.90 Å². The molecule has 0 spiro atoms. The van der Waals surface area contributed by atoms with E-state index in [1.54, 1.807) is 18.4 Å². The number of piperidine rings is 1. The first kappa shape index (κ1) is 16.9. The molecule has 1 aliphatic rings. The number of hydrogen-bond acceptors (Lipinski definition) is 3. The maximum atomic E-state index is 12.9. The molecule has 2 aromatic rings. The number of benzene rings is 1. The van der Waals surface area contributed by atoms with Crippen molar-refractivity contribution in [2.45, 2.75) is 25.3 Å². The molecule has 1 saturated heterocycles. The highest BCUT2D eigenvalue weighted by Gasteiger charge is 2.24. The summed E-state index contributed by atoms with van der Waals surface area (Å²) in [4.78, 5) is 2.44. The van der Waals surface area contributed by atoms with E-state index in [0.29, 0.717) is 11.7 Å². The molecule has 2 N–H and O–H groups in total. The maximum absolute atomic E-state index is 12.9. The summed E-state index contributed by atoms with van der Waals surface area (Å²) < 4.78 is 18.6. The summed E-state index contributed by atoms with van der Waals surface area (Å²) in [5, 5.41) is 6.86. The average Bonchev–Trinajstić information content (AvgIpc) is 3.12. The van der Waals surface area contributed by atoms with Gasteiger partial charge in [0.1, 0.15) is 11.6 Å². The summed E-state index contributed by atoms with van der Waals surface area (Å²) in [7, 11) is 0. The van der Waals surface area contributed by atoms with Crippen molar-refractivity contribution in [3.05, 3.63) is 54.2 Å². The van der Waals surface area contributed by atoms with Gasteiger partial charge >= 0.3 is 0 Å². The molecule has 1 atom stereocenters. The Morgan fingerprint density at radius 2 is 1.92 bits per heavy atom. The van der Waals surface area contributed by atoms with E-state index in [1.165, 1.54) is 31.4 Å². The standard InChI is InChI=1S/C18H22FN3OS/c19-14-6-8-15(9-7-14)21-18(24)20-13-16(17-5-4-12-23-17)22-10-2-1-3-11-22/h4-9,12,16H,1-3,10-11,13H2,(H2,20,21,24)/t16-/m1/s1. The highest BCUT2D eigenvalue weighted by Crippen LogP contribution is 2.24. The molecule has 1 aromatic carbocycles. The molecule has 128 valence electrons. The molecule has 24 heavy (non-hydrogen) atoms. The number of likely N-dealkylation sites (tertiary alicyclic amines) is 1. The van der Waals surface area contributed by atoms with Crippen LogP contribution in [0.1, 0.15) is 31.1 Å². The van der Waals surface area contributed by atoms with Gasteiger partial charge in [0.05, 0.1) is 12.3 Å². The second kappa shape index (κ2) is 8.26. The van der Waals surface area contributed by atoms with E-state index in [1.807, 2.05) is 12.1 Å². The zero-order valence-electron chi connectivity index (χ0n) is 13.5. The lowest BCUT2D eigenvalue weighted by Crippen LogP contribution is -2.41. The summed E-state index contributed by atoms with van der Waals surface area (Å²) in [6.07, 6.45) is 5.44. The van der Waals surface area contributed by atoms with Crippen LogP contribution in [0.25, 0.3) is 0 Å². The molecule has 1 aliphatic heterocycles. The fourth-order valence-electron chi connectivity index (χ4n) is 3.02. The van der Waals surface area contributed by atoms with Crippen molar-refractivity contribution >= 4 is 23.0 Å². The molecular formula is C18H22FN3OS. The van der Waals surface area contributed by atoms with Crippen LogP contribution in [0.15, 0.2) is 47.1 Å². The number of rotatable bonds is 5. The Morgan fingerprint density at radius 1 is 1.17 bits per heavy atom. The van der Waals surface area contributed by atoms with Crippen LogP contribution >= 0.6 is 12.2 Å². The van der Waals surface area contributed by atoms with E-state index in [0.717, 1.165) is 24.5 Å². The van der Waals surface area contributed by atoms with Crippen molar-refractivity contribution in [3.8, 4) is 0 Å². The molecule has 1 aromatic heterocycles. The Hall–Kier alpha value is -1.92. The van der Waals surface area contributed by atoms with Gasteiger partial charge < -0.3 is 15.1 Å². The van der Waals surface area contributed by atoms with E-state index in [-0.39, 0.29) is 11.9 Å². The minimum Gasteiger partial charge on any atom is -0.468 e. The van der Waals surface area contributed by atoms with E-state index < -0.39 is 0 Å². The Kier molecular flexibility index (Phi) is 5.82. The molecule has 3 rings (SSSR count). The van der Waals surface area contributed by atoms with Gasteiger partial charge in [-0.25, -0.2) is 4.39 Å². The van der Waals surface area contributed by atoms with Crippen molar-refractivity contribution < 1.29 is 8.81 Å². The second-order valence-electron chi connectivity index (χ2n) is 5.97. The normalized spacial score (nSPS) is 16.5. The van der Waals surface area contributed by atoms with Crippen molar-refractivity contribution in [1.82, 2.24) is 10.2 Å². The predicted molar refractivity (Wildman–Crippen MR) is 97.5 cm³/mol. The van der Waals surface area contributed by atoms with Crippen molar-refractivity contribution in [2.75, 3.05) is 25.0 Å². The molecule has 4 nitrogen and oxygen atoms in total. The van der Waals surface area contributed by atoms with E-state index in [4.69, 9.17) is 16.6 Å². The topological polar surface area (TPSA) is 40.4 Å². The quantitative estimate of drug-likeness (QED) is 0.802. The fraction of sp³-hybridized carbons (Fsp3) is 0.389. The number of furan rings is 1. The number of nitrogens with one attached hydrogen (secondary N) is 2. The molecule has 0 unspecified atom stereocenters. The molecule has 0 saturated carbocycles. The summed E-state index contributed by atoms with van der Waals surface area (Å²) in [6, 6.07) is 10.2. The fourth-order valence-corrected chi connectivity index (χ4v) is 3.22. The third-order valence-corrected chi connectivity index (χ3v) is 4.51. The first-order valence-electron chi connectivity index (χ1n) is 8.30. The number of hydrogen-bond donors (Lipinski definition) is 2. The van der Waals surface area contributed by atoms with E-state index in [9.17, 15) is 4.39 Å². The highest BCUT2D eigenvalue weighted by molar-refractivity contribution is 7.80. The van der Waals surface area contributed by atoms with Crippen molar-refractivity contribution in [3.63, 3.8) is 0 Å². The summed E-state index contributed by atoms with van der Waals surface area (Å²) in [5.74, 6) is 0.691. The van der Waals surface area contributed by atoms with Crippen LogP contribution in [0.4, 0.5) is 10.1 Å². The highest BCUT2D eigenvalue weighted by atomic mass is 32.1. The third-order valence-electron chi connectivity index (χ3n) is 4.26. The van der Waals surface area contributed by atoms with Crippen LogP contribution in [0.3, 0.4) is 0 Å². The third kappa shape index (κ3) is 4.55. The Balaban J connectivity index is 1.58. The van der Waals surface area contributed by atoms with Crippen LogP contribution < -0.4 is 10.6 Å². The smallest absolute Gasteiger partial charge is 0.170 e. The van der Waals surface area contributed by atoms with Crippen LogP contribution in [-0.4, -0.2) is 29.6 Å². The molecule has 1 fully saturated rings. The van der Waals surface area contributed by atoms with Gasteiger partial charge in [-0.05, 0) is 74.5 Å². The van der Waals surface area contributed by atoms with Crippen LogP contribution in [0.2, 0.25) is 0 Å². The average molecular weight is 347 g/mol. The minimum absolute atomic E-state index is 0.160. The summed E-state index contributed by atoms with van der Waals surface area (Å²) in [5.41, 5.74) is 0.765. The van der Waals surface area contributed by atoms with Crippen LogP contribution in [0, 0.1) is 5.82 Å². The molecule has 2 heterocycles. The van der Waals surface area contributed by atoms with Gasteiger partial charge in [0.2, 0.25) is 0 Å². The molecule has 0 bridgehead atoms.